The SMILES string of the molecule is COc1cccc(C(=O)Nc2cc(Br)ccc2-n2cncn2)c1OC(F)F. The number of hydrogen-bond donors (Lipinski definition) is 1. The number of nitrogens with one attached hydrogen (secondary N) is 1. The van der Waals surface area contributed by atoms with Crippen molar-refractivity contribution < 1.29 is 23.0 Å². The van der Waals surface area contributed by atoms with Crippen molar-refractivity contribution in [1.29, 1.82) is 0 Å². The summed E-state index contributed by atoms with van der Waals surface area (Å²) in [4.78, 5) is 16.6. The largest absolute Gasteiger partial charge is 0.493 e. The summed E-state index contributed by atoms with van der Waals surface area (Å²) in [6, 6.07) is 9.44. The number of para-hydroxylation sites is 1. The molecule has 0 saturated carbocycles. The molecule has 0 aliphatic rings. The molecule has 140 valence electrons. The van der Waals surface area contributed by atoms with E-state index in [-0.39, 0.29) is 17.1 Å². The van der Waals surface area contributed by atoms with Gasteiger partial charge in [0.2, 0.25) is 0 Å². The number of rotatable bonds is 6. The lowest BCUT2D eigenvalue weighted by molar-refractivity contribution is -0.0515. The van der Waals surface area contributed by atoms with Crippen LogP contribution in [0, 0.1) is 0 Å². The summed E-state index contributed by atoms with van der Waals surface area (Å²) in [5.74, 6) is -0.970. The van der Waals surface area contributed by atoms with Gasteiger partial charge in [0.05, 0.1) is 24.0 Å². The topological polar surface area (TPSA) is 78.3 Å². The van der Waals surface area contributed by atoms with Crippen molar-refractivity contribution in [2.24, 2.45) is 0 Å². The first kappa shape index (κ1) is 18.8. The second-order valence-corrected chi connectivity index (χ2v) is 6.09. The minimum absolute atomic E-state index is 0.0219. The number of nitrogens with zero attached hydrogens (tertiary/aromatic N) is 3. The Morgan fingerprint density at radius 3 is 2.78 bits per heavy atom. The zero-order valence-corrected chi connectivity index (χ0v) is 15.5. The van der Waals surface area contributed by atoms with Crippen molar-refractivity contribution in [2.75, 3.05) is 12.4 Å². The fourth-order valence-electron chi connectivity index (χ4n) is 2.40. The molecule has 2 aromatic carbocycles. The molecule has 7 nitrogen and oxygen atoms in total. The van der Waals surface area contributed by atoms with E-state index >= 15 is 0 Å². The molecule has 10 heteroatoms. The van der Waals surface area contributed by atoms with Gasteiger partial charge in [0.25, 0.3) is 5.91 Å². The van der Waals surface area contributed by atoms with Gasteiger partial charge in [-0.1, -0.05) is 22.0 Å². The van der Waals surface area contributed by atoms with Gasteiger partial charge in [0.1, 0.15) is 12.7 Å². The highest BCUT2D eigenvalue weighted by molar-refractivity contribution is 9.10. The molecule has 0 aliphatic carbocycles. The van der Waals surface area contributed by atoms with Crippen LogP contribution in [0.1, 0.15) is 10.4 Å². The Bertz CT molecular complexity index is 951. The number of hydrogen-bond acceptors (Lipinski definition) is 5. The lowest BCUT2D eigenvalue weighted by Gasteiger charge is -2.15. The summed E-state index contributed by atoms with van der Waals surface area (Å²) in [5, 5.41) is 6.72. The molecule has 0 radical (unpaired) electrons. The van der Waals surface area contributed by atoms with Crippen LogP contribution in [-0.2, 0) is 0 Å². The molecule has 0 aliphatic heterocycles. The molecule has 1 heterocycles. The van der Waals surface area contributed by atoms with Gasteiger partial charge in [-0.3, -0.25) is 4.79 Å². The number of ether oxygens (including phenoxy) is 2. The Morgan fingerprint density at radius 1 is 1.30 bits per heavy atom. The monoisotopic (exact) mass is 438 g/mol. The molecule has 0 atom stereocenters. The van der Waals surface area contributed by atoms with Crippen LogP contribution in [0.3, 0.4) is 0 Å². The van der Waals surface area contributed by atoms with E-state index in [1.807, 2.05) is 0 Å². The zero-order valence-electron chi connectivity index (χ0n) is 13.9. The first-order valence-corrected chi connectivity index (χ1v) is 8.36. The van der Waals surface area contributed by atoms with Gasteiger partial charge >= 0.3 is 6.61 Å². The summed E-state index contributed by atoms with van der Waals surface area (Å²) in [6.45, 7) is -3.11. The van der Waals surface area contributed by atoms with Crippen molar-refractivity contribution in [3.05, 3.63) is 59.1 Å². The van der Waals surface area contributed by atoms with E-state index in [0.717, 1.165) is 0 Å². The molecule has 0 bridgehead atoms. The smallest absolute Gasteiger partial charge is 0.387 e. The normalized spacial score (nSPS) is 10.7. The maximum absolute atomic E-state index is 12.8. The summed E-state index contributed by atoms with van der Waals surface area (Å²) in [7, 11) is 1.30. The van der Waals surface area contributed by atoms with Crippen molar-refractivity contribution in [3.8, 4) is 17.2 Å². The predicted molar refractivity (Wildman–Crippen MR) is 96.6 cm³/mol. The van der Waals surface area contributed by atoms with E-state index in [0.29, 0.717) is 15.8 Å². The summed E-state index contributed by atoms with van der Waals surface area (Å²) in [6.07, 6.45) is 2.82. The molecular weight excluding hydrogens is 426 g/mol. The quantitative estimate of drug-likeness (QED) is 0.631. The Labute approximate surface area is 161 Å². The number of methoxy groups -OCH3 is 1. The summed E-state index contributed by atoms with van der Waals surface area (Å²) >= 11 is 3.34. The predicted octanol–water partition coefficient (Wildman–Crippen LogP) is 3.89. The first-order valence-electron chi connectivity index (χ1n) is 7.57. The number of anilines is 1. The van der Waals surface area contributed by atoms with Gasteiger partial charge in [-0.15, -0.1) is 0 Å². The first-order chi connectivity index (χ1) is 13.0. The number of halogens is 3. The lowest BCUT2D eigenvalue weighted by atomic mass is 10.1. The van der Waals surface area contributed by atoms with Crippen LogP contribution < -0.4 is 14.8 Å². The highest BCUT2D eigenvalue weighted by Crippen LogP contribution is 2.33. The van der Waals surface area contributed by atoms with Crippen LogP contribution in [0.15, 0.2) is 53.5 Å². The van der Waals surface area contributed by atoms with Crippen LogP contribution in [0.2, 0.25) is 0 Å². The van der Waals surface area contributed by atoms with Crippen LogP contribution in [0.25, 0.3) is 5.69 Å². The third-order valence-corrected chi connectivity index (χ3v) is 4.02. The molecule has 1 aromatic heterocycles. The maximum atomic E-state index is 12.8. The lowest BCUT2D eigenvalue weighted by Crippen LogP contribution is -2.17. The van der Waals surface area contributed by atoms with Crippen LogP contribution in [0.5, 0.6) is 11.5 Å². The number of alkyl halides is 2. The van der Waals surface area contributed by atoms with Gasteiger partial charge in [0.15, 0.2) is 11.5 Å². The molecular formula is C17H13BrF2N4O3. The van der Waals surface area contributed by atoms with Gasteiger partial charge in [-0.2, -0.15) is 13.9 Å². The Morgan fingerprint density at radius 2 is 2.11 bits per heavy atom. The van der Waals surface area contributed by atoms with Crippen molar-refractivity contribution in [1.82, 2.24) is 14.8 Å². The number of carbonyl (C=O) groups excluding carboxylic acids is 1. The van der Waals surface area contributed by atoms with Gasteiger partial charge in [-0.25, -0.2) is 9.67 Å². The molecule has 0 fully saturated rings. The molecule has 0 spiro atoms. The minimum Gasteiger partial charge on any atom is -0.493 e. The Balaban J connectivity index is 1.98. The fourth-order valence-corrected chi connectivity index (χ4v) is 2.76. The molecule has 3 aromatic rings. The third-order valence-electron chi connectivity index (χ3n) is 3.52. The summed E-state index contributed by atoms with van der Waals surface area (Å²) in [5.41, 5.74) is 0.841. The van der Waals surface area contributed by atoms with Crippen molar-refractivity contribution in [3.63, 3.8) is 0 Å². The van der Waals surface area contributed by atoms with E-state index in [1.54, 1.807) is 18.2 Å². The second kappa shape index (κ2) is 8.12. The van der Waals surface area contributed by atoms with Crippen LogP contribution in [-0.4, -0.2) is 34.4 Å². The Hall–Kier alpha value is -3.01. The van der Waals surface area contributed by atoms with Gasteiger partial charge in [-0.05, 0) is 30.3 Å². The van der Waals surface area contributed by atoms with E-state index < -0.39 is 12.5 Å². The van der Waals surface area contributed by atoms with E-state index in [2.05, 4.69) is 36.1 Å². The highest BCUT2D eigenvalue weighted by atomic mass is 79.9. The number of amides is 1. The van der Waals surface area contributed by atoms with E-state index in [4.69, 9.17) is 4.74 Å². The fraction of sp³-hybridized carbons (Fsp3) is 0.118. The highest BCUT2D eigenvalue weighted by Gasteiger charge is 2.21. The second-order valence-electron chi connectivity index (χ2n) is 5.17. The molecule has 0 saturated heterocycles. The van der Waals surface area contributed by atoms with Gasteiger partial charge < -0.3 is 14.8 Å². The van der Waals surface area contributed by atoms with Crippen molar-refractivity contribution >= 4 is 27.5 Å². The van der Waals surface area contributed by atoms with Crippen molar-refractivity contribution in [2.45, 2.75) is 6.61 Å². The molecule has 1 N–H and O–H groups in total. The Kier molecular flexibility index (Phi) is 5.65. The van der Waals surface area contributed by atoms with Crippen LogP contribution in [0.4, 0.5) is 14.5 Å². The molecule has 1 amide bonds. The average molecular weight is 439 g/mol. The zero-order chi connectivity index (χ0) is 19.4. The van der Waals surface area contributed by atoms with Crippen LogP contribution >= 0.6 is 15.9 Å². The van der Waals surface area contributed by atoms with E-state index in [9.17, 15) is 13.6 Å². The molecule has 3 rings (SSSR count). The maximum Gasteiger partial charge on any atom is 0.387 e. The average Bonchev–Trinajstić information content (AvgIpc) is 3.16. The summed E-state index contributed by atoms with van der Waals surface area (Å²) < 4.78 is 37.2. The molecule has 27 heavy (non-hydrogen) atoms. The number of benzene rings is 2. The number of aromatic nitrogens is 3. The third kappa shape index (κ3) is 4.22. The standard InChI is InChI=1S/C17H13BrF2N4O3/c1-26-14-4-2-3-11(15(14)27-17(19)20)16(25)23-12-7-10(18)5-6-13(12)24-9-21-8-22-24/h2-9,17H,1H3,(H,23,25). The minimum atomic E-state index is -3.11. The van der Waals surface area contributed by atoms with Gasteiger partial charge in [0, 0.05) is 4.47 Å². The van der Waals surface area contributed by atoms with E-state index in [1.165, 1.54) is 42.6 Å². The molecule has 0 unspecified atom stereocenters. The number of carbonyl (C=O) groups is 1.